The first-order valence-corrected chi connectivity index (χ1v) is 6.48. The summed E-state index contributed by atoms with van der Waals surface area (Å²) in [6.07, 6.45) is 2.18. The Kier molecular flexibility index (Phi) is 2.78. The van der Waals surface area contributed by atoms with E-state index in [-0.39, 0.29) is 5.91 Å². The largest absolute Gasteiger partial charge is 0.337 e. The van der Waals surface area contributed by atoms with Gasteiger partial charge < -0.3 is 4.90 Å². The van der Waals surface area contributed by atoms with Gasteiger partial charge in [-0.05, 0) is 24.8 Å². The number of amides is 1. The van der Waals surface area contributed by atoms with Gasteiger partial charge in [-0.3, -0.25) is 9.89 Å². The van der Waals surface area contributed by atoms with Gasteiger partial charge in [0, 0.05) is 18.5 Å². The zero-order valence-electron chi connectivity index (χ0n) is 10.5. The molecule has 1 aromatic heterocycles. The van der Waals surface area contributed by atoms with E-state index >= 15 is 0 Å². The van der Waals surface area contributed by atoms with Gasteiger partial charge in [0.25, 0.3) is 5.91 Å². The first-order chi connectivity index (χ1) is 8.75. The number of aromatic amines is 1. The first-order valence-electron chi connectivity index (χ1n) is 6.48. The van der Waals surface area contributed by atoms with Gasteiger partial charge in [-0.15, -0.1) is 0 Å². The maximum absolute atomic E-state index is 12.4. The first kappa shape index (κ1) is 11.3. The molecule has 0 spiro atoms. The third-order valence-corrected chi connectivity index (χ3v) is 3.74. The molecule has 1 aliphatic heterocycles. The van der Waals surface area contributed by atoms with Gasteiger partial charge in [-0.25, -0.2) is 0 Å². The molecular formula is C14H17N3O. The second-order valence-electron chi connectivity index (χ2n) is 5.09. The summed E-state index contributed by atoms with van der Waals surface area (Å²) in [5, 5.41) is 8.01. The van der Waals surface area contributed by atoms with Crippen LogP contribution in [0.2, 0.25) is 0 Å². The quantitative estimate of drug-likeness (QED) is 0.836. The summed E-state index contributed by atoms with van der Waals surface area (Å²) < 4.78 is 0. The molecule has 18 heavy (non-hydrogen) atoms. The van der Waals surface area contributed by atoms with Crippen molar-refractivity contribution in [1.82, 2.24) is 15.1 Å². The Morgan fingerprint density at radius 1 is 1.33 bits per heavy atom. The number of H-pyrrole nitrogens is 1. The SMILES string of the molecule is CC1CCN(C(=O)c2n[nH]c3ccccc23)CC1. The molecule has 1 fully saturated rings. The number of nitrogens with one attached hydrogen (secondary N) is 1. The molecule has 1 saturated heterocycles. The standard InChI is InChI=1S/C14H17N3O/c1-10-6-8-17(9-7-10)14(18)13-11-4-2-3-5-12(11)15-16-13/h2-5,10H,6-9H2,1H3,(H,15,16). The summed E-state index contributed by atoms with van der Waals surface area (Å²) in [6.45, 7) is 3.94. The van der Waals surface area contributed by atoms with Crippen molar-refractivity contribution in [2.75, 3.05) is 13.1 Å². The van der Waals surface area contributed by atoms with Gasteiger partial charge in [-0.2, -0.15) is 5.10 Å². The number of fused-ring (bicyclic) bond motifs is 1. The molecule has 2 aromatic rings. The van der Waals surface area contributed by atoms with Crippen molar-refractivity contribution < 1.29 is 4.79 Å². The molecule has 0 atom stereocenters. The zero-order valence-corrected chi connectivity index (χ0v) is 10.5. The highest BCUT2D eigenvalue weighted by Gasteiger charge is 2.24. The van der Waals surface area contributed by atoms with Crippen LogP contribution >= 0.6 is 0 Å². The fourth-order valence-electron chi connectivity index (χ4n) is 2.49. The highest BCUT2D eigenvalue weighted by atomic mass is 16.2. The van der Waals surface area contributed by atoms with Crippen LogP contribution in [0, 0.1) is 5.92 Å². The smallest absolute Gasteiger partial charge is 0.274 e. The van der Waals surface area contributed by atoms with E-state index in [1.54, 1.807) is 0 Å². The van der Waals surface area contributed by atoms with Crippen LogP contribution in [0.25, 0.3) is 10.9 Å². The van der Waals surface area contributed by atoms with E-state index in [4.69, 9.17) is 0 Å². The number of nitrogens with zero attached hydrogens (tertiary/aromatic N) is 2. The average molecular weight is 243 g/mol. The van der Waals surface area contributed by atoms with Gasteiger partial charge in [0.15, 0.2) is 5.69 Å². The third kappa shape index (κ3) is 1.88. The lowest BCUT2D eigenvalue weighted by Gasteiger charge is -2.29. The van der Waals surface area contributed by atoms with E-state index in [1.807, 2.05) is 29.2 Å². The van der Waals surface area contributed by atoms with Crippen LogP contribution in [0.1, 0.15) is 30.3 Å². The van der Waals surface area contributed by atoms with Crippen molar-refractivity contribution in [3.8, 4) is 0 Å². The van der Waals surface area contributed by atoms with E-state index in [0.717, 1.165) is 42.8 Å². The number of para-hydroxylation sites is 1. The Morgan fingerprint density at radius 3 is 2.83 bits per heavy atom. The number of aromatic nitrogens is 2. The van der Waals surface area contributed by atoms with Gasteiger partial charge >= 0.3 is 0 Å². The van der Waals surface area contributed by atoms with Crippen LogP contribution in [0.4, 0.5) is 0 Å². The predicted octanol–water partition coefficient (Wildman–Crippen LogP) is 2.44. The lowest BCUT2D eigenvalue weighted by Crippen LogP contribution is -2.38. The van der Waals surface area contributed by atoms with Crippen molar-refractivity contribution in [2.24, 2.45) is 5.92 Å². The summed E-state index contributed by atoms with van der Waals surface area (Å²) in [5.74, 6) is 0.782. The van der Waals surface area contributed by atoms with E-state index < -0.39 is 0 Å². The van der Waals surface area contributed by atoms with Crippen molar-refractivity contribution >= 4 is 16.8 Å². The van der Waals surface area contributed by atoms with Crippen molar-refractivity contribution in [3.63, 3.8) is 0 Å². The van der Waals surface area contributed by atoms with Crippen LogP contribution in [0.5, 0.6) is 0 Å². The molecule has 0 bridgehead atoms. The Labute approximate surface area is 106 Å². The zero-order chi connectivity index (χ0) is 12.5. The molecular weight excluding hydrogens is 226 g/mol. The molecule has 2 heterocycles. The topological polar surface area (TPSA) is 49.0 Å². The highest BCUT2D eigenvalue weighted by molar-refractivity contribution is 6.04. The highest BCUT2D eigenvalue weighted by Crippen LogP contribution is 2.21. The third-order valence-electron chi connectivity index (χ3n) is 3.74. The lowest BCUT2D eigenvalue weighted by atomic mass is 9.99. The van der Waals surface area contributed by atoms with Crippen LogP contribution in [0.3, 0.4) is 0 Å². The summed E-state index contributed by atoms with van der Waals surface area (Å²) >= 11 is 0. The van der Waals surface area contributed by atoms with Crippen molar-refractivity contribution in [3.05, 3.63) is 30.0 Å². The van der Waals surface area contributed by atoms with Gasteiger partial charge in [0.2, 0.25) is 0 Å². The number of carbonyl (C=O) groups is 1. The molecule has 1 aromatic carbocycles. The van der Waals surface area contributed by atoms with E-state index in [2.05, 4.69) is 17.1 Å². The summed E-state index contributed by atoms with van der Waals surface area (Å²) in [5.41, 5.74) is 1.48. The summed E-state index contributed by atoms with van der Waals surface area (Å²) in [6, 6.07) is 7.76. The van der Waals surface area contributed by atoms with Gasteiger partial charge in [0.1, 0.15) is 0 Å². The van der Waals surface area contributed by atoms with Crippen LogP contribution < -0.4 is 0 Å². The number of hydrogen-bond donors (Lipinski definition) is 1. The molecule has 4 nitrogen and oxygen atoms in total. The number of benzene rings is 1. The Morgan fingerprint density at radius 2 is 2.06 bits per heavy atom. The monoisotopic (exact) mass is 243 g/mol. The molecule has 0 saturated carbocycles. The molecule has 3 rings (SSSR count). The molecule has 1 aliphatic rings. The molecule has 1 N–H and O–H groups in total. The van der Waals surface area contributed by atoms with Crippen LogP contribution in [-0.4, -0.2) is 34.1 Å². The van der Waals surface area contributed by atoms with Crippen molar-refractivity contribution in [2.45, 2.75) is 19.8 Å². The molecule has 0 aliphatic carbocycles. The maximum Gasteiger partial charge on any atom is 0.274 e. The number of carbonyl (C=O) groups excluding carboxylic acids is 1. The summed E-state index contributed by atoms with van der Waals surface area (Å²) in [4.78, 5) is 14.3. The normalized spacial score (nSPS) is 17.3. The Hall–Kier alpha value is -1.84. The van der Waals surface area contributed by atoms with E-state index in [1.165, 1.54) is 0 Å². The minimum absolute atomic E-state index is 0.0550. The molecule has 1 amide bonds. The van der Waals surface area contributed by atoms with E-state index in [9.17, 15) is 4.79 Å². The fraction of sp³-hybridized carbons (Fsp3) is 0.429. The molecule has 4 heteroatoms. The van der Waals surface area contributed by atoms with Crippen LogP contribution in [-0.2, 0) is 0 Å². The van der Waals surface area contributed by atoms with E-state index in [0.29, 0.717) is 5.69 Å². The van der Waals surface area contributed by atoms with Gasteiger partial charge in [-0.1, -0.05) is 25.1 Å². The number of piperidine rings is 1. The maximum atomic E-state index is 12.4. The van der Waals surface area contributed by atoms with Gasteiger partial charge in [0.05, 0.1) is 5.52 Å². The van der Waals surface area contributed by atoms with Crippen LogP contribution in [0.15, 0.2) is 24.3 Å². The Bertz CT molecular complexity index is 567. The molecule has 0 radical (unpaired) electrons. The number of rotatable bonds is 1. The summed E-state index contributed by atoms with van der Waals surface area (Å²) in [7, 11) is 0. The number of likely N-dealkylation sites (tertiary alicyclic amines) is 1. The molecule has 94 valence electrons. The average Bonchev–Trinajstić information content (AvgIpc) is 2.82. The second kappa shape index (κ2) is 4.44. The second-order valence-corrected chi connectivity index (χ2v) is 5.09. The van der Waals surface area contributed by atoms with Crippen molar-refractivity contribution in [1.29, 1.82) is 0 Å². The minimum Gasteiger partial charge on any atom is -0.337 e. The lowest BCUT2D eigenvalue weighted by molar-refractivity contribution is 0.0693. The fourth-order valence-corrected chi connectivity index (χ4v) is 2.49. The number of hydrogen-bond acceptors (Lipinski definition) is 2. The Balaban J connectivity index is 1.88. The molecule has 0 unspecified atom stereocenters. The minimum atomic E-state index is 0.0550. The predicted molar refractivity (Wildman–Crippen MR) is 70.4 cm³/mol.